The van der Waals surface area contributed by atoms with Crippen molar-refractivity contribution < 1.29 is 19.1 Å². The number of hydrogen-bond donors (Lipinski definition) is 2. The van der Waals surface area contributed by atoms with Crippen LogP contribution in [0.1, 0.15) is 20.7 Å². The smallest absolute Gasteiger partial charge is 0.339 e. The highest BCUT2D eigenvalue weighted by molar-refractivity contribution is 9.10. The first-order valence-corrected chi connectivity index (χ1v) is 6.23. The summed E-state index contributed by atoms with van der Waals surface area (Å²) < 4.78 is 13.2. The minimum atomic E-state index is -1.20. The van der Waals surface area contributed by atoms with Gasteiger partial charge < -0.3 is 10.4 Å². The van der Waals surface area contributed by atoms with Crippen molar-refractivity contribution in [3.05, 3.63) is 57.9 Å². The largest absolute Gasteiger partial charge is 0.478 e. The first-order chi connectivity index (χ1) is 9.49. The highest BCUT2D eigenvalue weighted by Crippen LogP contribution is 2.18. The number of carboxylic acid groups (broad SMARTS) is 1. The second-order valence-corrected chi connectivity index (χ2v) is 4.64. The van der Waals surface area contributed by atoms with Crippen LogP contribution in [0.2, 0.25) is 0 Å². The maximum absolute atomic E-state index is 13.1. The molecule has 20 heavy (non-hydrogen) atoms. The van der Waals surface area contributed by atoms with Crippen molar-refractivity contribution in [2.24, 2.45) is 0 Å². The molecule has 0 saturated carbocycles. The van der Waals surface area contributed by atoms with Gasteiger partial charge in [0.1, 0.15) is 17.2 Å². The first-order valence-electron chi connectivity index (χ1n) is 5.44. The van der Waals surface area contributed by atoms with Crippen LogP contribution >= 0.6 is 15.9 Å². The molecule has 2 aromatic rings. The van der Waals surface area contributed by atoms with E-state index in [1.165, 1.54) is 30.5 Å². The van der Waals surface area contributed by atoms with E-state index in [0.717, 1.165) is 6.07 Å². The van der Waals surface area contributed by atoms with Gasteiger partial charge in [-0.2, -0.15) is 0 Å². The molecule has 1 amide bonds. The number of pyridine rings is 1. The number of rotatable bonds is 3. The first kappa shape index (κ1) is 14.1. The normalized spacial score (nSPS) is 10.1. The summed E-state index contributed by atoms with van der Waals surface area (Å²) in [4.78, 5) is 26.8. The van der Waals surface area contributed by atoms with Gasteiger partial charge in [-0.1, -0.05) is 0 Å². The van der Waals surface area contributed by atoms with Crippen molar-refractivity contribution in [3.63, 3.8) is 0 Å². The van der Waals surface area contributed by atoms with Crippen LogP contribution in [0.4, 0.5) is 10.2 Å². The zero-order valence-electron chi connectivity index (χ0n) is 9.93. The van der Waals surface area contributed by atoms with E-state index >= 15 is 0 Å². The molecule has 1 aromatic heterocycles. The van der Waals surface area contributed by atoms with Crippen LogP contribution in [0.3, 0.4) is 0 Å². The van der Waals surface area contributed by atoms with E-state index in [0.29, 0.717) is 0 Å². The number of anilines is 1. The van der Waals surface area contributed by atoms with Crippen molar-refractivity contribution in [1.29, 1.82) is 0 Å². The molecule has 0 saturated heterocycles. The monoisotopic (exact) mass is 338 g/mol. The summed E-state index contributed by atoms with van der Waals surface area (Å²) in [5.74, 6) is -2.34. The SMILES string of the molecule is O=C(Nc1ncccc1C(=O)O)c1ccc(F)c(Br)c1. The molecule has 2 N–H and O–H groups in total. The number of carbonyl (C=O) groups is 2. The Kier molecular flexibility index (Phi) is 4.09. The molecule has 5 nitrogen and oxygen atoms in total. The molecule has 0 spiro atoms. The summed E-state index contributed by atoms with van der Waals surface area (Å²) >= 11 is 2.97. The van der Waals surface area contributed by atoms with E-state index in [4.69, 9.17) is 5.11 Å². The Labute approximate surface area is 121 Å². The summed E-state index contributed by atoms with van der Waals surface area (Å²) in [6.07, 6.45) is 1.36. The fraction of sp³-hybridized carbons (Fsp3) is 0. The molecule has 7 heteroatoms. The predicted octanol–water partition coefficient (Wildman–Crippen LogP) is 2.93. The fourth-order valence-electron chi connectivity index (χ4n) is 1.49. The number of amides is 1. The molecule has 0 aliphatic carbocycles. The molecule has 102 valence electrons. The lowest BCUT2D eigenvalue weighted by Gasteiger charge is -2.07. The topological polar surface area (TPSA) is 79.3 Å². The molecule has 0 atom stereocenters. The molecule has 0 fully saturated rings. The van der Waals surface area contributed by atoms with E-state index in [9.17, 15) is 14.0 Å². The summed E-state index contributed by atoms with van der Waals surface area (Å²) in [5.41, 5.74) is 0.0577. The molecule has 0 aliphatic rings. The van der Waals surface area contributed by atoms with E-state index in [1.807, 2.05) is 0 Å². The van der Waals surface area contributed by atoms with Crippen molar-refractivity contribution in [3.8, 4) is 0 Å². The quantitative estimate of drug-likeness (QED) is 0.901. The minimum Gasteiger partial charge on any atom is -0.478 e. The maximum Gasteiger partial charge on any atom is 0.339 e. The second-order valence-electron chi connectivity index (χ2n) is 3.79. The van der Waals surface area contributed by atoms with Crippen LogP contribution in [0.25, 0.3) is 0 Å². The fourth-order valence-corrected chi connectivity index (χ4v) is 1.87. The molecular formula is C13H8BrFN2O3. The number of carboxylic acids is 1. The Morgan fingerprint density at radius 2 is 2.05 bits per heavy atom. The highest BCUT2D eigenvalue weighted by atomic mass is 79.9. The van der Waals surface area contributed by atoms with Gasteiger partial charge in [-0.3, -0.25) is 4.79 Å². The molecular weight excluding hydrogens is 331 g/mol. The number of aromatic carboxylic acids is 1. The lowest BCUT2D eigenvalue weighted by atomic mass is 10.2. The molecule has 0 bridgehead atoms. The minimum absolute atomic E-state index is 0.0644. The van der Waals surface area contributed by atoms with Crippen LogP contribution in [-0.2, 0) is 0 Å². The summed E-state index contributed by atoms with van der Waals surface area (Å²) in [6.45, 7) is 0. The Bertz CT molecular complexity index is 691. The lowest BCUT2D eigenvalue weighted by Crippen LogP contribution is -2.16. The van der Waals surface area contributed by atoms with Crippen LogP contribution in [-0.4, -0.2) is 22.0 Å². The van der Waals surface area contributed by atoms with Gasteiger partial charge in [-0.25, -0.2) is 14.2 Å². The molecule has 1 aromatic carbocycles. The number of halogens is 2. The van der Waals surface area contributed by atoms with Gasteiger partial charge in [0.2, 0.25) is 0 Å². The van der Waals surface area contributed by atoms with Gasteiger partial charge in [0.05, 0.1) is 4.47 Å². The zero-order chi connectivity index (χ0) is 14.7. The van der Waals surface area contributed by atoms with Gasteiger partial charge in [0.15, 0.2) is 0 Å². The molecule has 0 unspecified atom stereocenters. The van der Waals surface area contributed by atoms with Gasteiger partial charge in [0, 0.05) is 11.8 Å². The van der Waals surface area contributed by atoms with Crippen LogP contribution in [0.5, 0.6) is 0 Å². The van der Waals surface area contributed by atoms with Crippen molar-refractivity contribution in [2.75, 3.05) is 5.32 Å². The third kappa shape index (κ3) is 3.00. The van der Waals surface area contributed by atoms with E-state index < -0.39 is 17.7 Å². The third-order valence-electron chi connectivity index (χ3n) is 2.45. The third-order valence-corrected chi connectivity index (χ3v) is 3.06. The second kappa shape index (κ2) is 5.79. The Morgan fingerprint density at radius 1 is 1.30 bits per heavy atom. The standard InChI is InChI=1S/C13H8BrFN2O3/c14-9-6-7(3-4-10(9)15)12(18)17-11-8(13(19)20)2-1-5-16-11/h1-6H,(H,19,20)(H,16,17,18). The predicted molar refractivity (Wildman–Crippen MR) is 73.2 cm³/mol. The van der Waals surface area contributed by atoms with E-state index in [1.54, 1.807) is 0 Å². The number of nitrogens with zero attached hydrogens (tertiary/aromatic N) is 1. The van der Waals surface area contributed by atoms with E-state index in [-0.39, 0.29) is 21.4 Å². The van der Waals surface area contributed by atoms with Gasteiger partial charge in [-0.05, 0) is 46.3 Å². The summed E-state index contributed by atoms with van der Waals surface area (Å²) in [6, 6.07) is 6.50. The average molecular weight is 339 g/mol. The Hall–Kier alpha value is -2.28. The van der Waals surface area contributed by atoms with Crippen LogP contribution in [0, 0.1) is 5.82 Å². The van der Waals surface area contributed by atoms with Gasteiger partial charge in [-0.15, -0.1) is 0 Å². The number of hydrogen-bond acceptors (Lipinski definition) is 3. The Morgan fingerprint density at radius 3 is 2.70 bits per heavy atom. The number of benzene rings is 1. The van der Waals surface area contributed by atoms with Gasteiger partial charge >= 0.3 is 5.97 Å². The van der Waals surface area contributed by atoms with Crippen molar-refractivity contribution in [1.82, 2.24) is 4.98 Å². The molecule has 2 rings (SSSR count). The van der Waals surface area contributed by atoms with E-state index in [2.05, 4.69) is 26.2 Å². The molecule has 0 radical (unpaired) electrons. The van der Waals surface area contributed by atoms with Crippen LogP contribution in [0.15, 0.2) is 41.0 Å². The number of aromatic nitrogens is 1. The summed E-state index contributed by atoms with van der Waals surface area (Å²) in [5, 5.41) is 11.4. The van der Waals surface area contributed by atoms with Gasteiger partial charge in [0.25, 0.3) is 5.91 Å². The number of carbonyl (C=O) groups excluding carboxylic acids is 1. The van der Waals surface area contributed by atoms with Crippen molar-refractivity contribution in [2.45, 2.75) is 0 Å². The van der Waals surface area contributed by atoms with Crippen LogP contribution < -0.4 is 5.32 Å². The molecule has 0 aliphatic heterocycles. The average Bonchev–Trinajstić information content (AvgIpc) is 2.42. The Balaban J connectivity index is 2.28. The maximum atomic E-state index is 13.1. The number of nitrogens with one attached hydrogen (secondary N) is 1. The summed E-state index contributed by atoms with van der Waals surface area (Å²) in [7, 11) is 0. The highest BCUT2D eigenvalue weighted by Gasteiger charge is 2.15. The zero-order valence-corrected chi connectivity index (χ0v) is 11.5. The molecule has 1 heterocycles. The van der Waals surface area contributed by atoms with Crippen molar-refractivity contribution >= 4 is 33.6 Å². The lowest BCUT2D eigenvalue weighted by molar-refractivity contribution is 0.0697.